The summed E-state index contributed by atoms with van der Waals surface area (Å²) in [5.41, 5.74) is 0.747. The van der Waals surface area contributed by atoms with Crippen molar-refractivity contribution in [3.8, 4) is 0 Å². The van der Waals surface area contributed by atoms with Crippen molar-refractivity contribution in [2.75, 3.05) is 5.33 Å². The van der Waals surface area contributed by atoms with E-state index in [9.17, 15) is 8.78 Å². The van der Waals surface area contributed by atoms with Crippen LogP contribution in [0.3, 0.4) is 0 Å². The van der Waals surface area contributed by atoms with Gasteiger partial charge < -0.3 is 0 Å². The van der Waals surface area contributed by atoms with Crippen LogP contribution in [0.4, 0.5) is 8.78 Å². The van der Waals surface area contributed by atoms with E-state index < -0.39 is 17.8 Å². The van der Waals surface area contributed by atoms with Gasteiger partial charge in [-0.3, -0.25) is 0 Å². The van der Waals surface area contributed by atoms with Gasteiger partial charge in [-0.15, -0.1) is 0 Å². The highest BCUT2D eigenvalue weighted by Gasteiger charge is 2.67. The van der Waals surface area contributed by atoms with Crippen molar-refractivity contribution in [2.24, 2.45) is 5.92 Å². The summed E-state index contributed by atoms with van der Waals surface area (Å²) in [7, 11) is 0. The fraction of sp³-hybridized carbons (Fsp3) is 0.400. The van der Waals surface area contributed by atoms with Crippen LogP contribution in [0.15, 0.2) is 30.3 Å². The Morgan fingerprint density at radius 2 is 1.85 bits per heavy atom. The highest BCUT2D eigenvalue weighted by Crippen LogP contribution is 2.61. The van der Waals surface area contributed by atoms with E-state index in [-0.39, 0.29) is 0 Å². The van der Waals surface area contributed by atoms with Crippen LogP contribution in [0, 0.1) is 5.92 Å². The van der Waals surface area contributed by atoms with Crippen LogP contribution < -0.4 is 0 Å². The molecule has 1 aromatic carbocycles. The predicted octanol–water partition coefficient (Wildman–Crippen LogP) is 3.43. The molecule has 0 aromatic heterocycles. The van der Waals surface area contributed by atoms with Gasteiger partial charge in [-0.25, -0.2) is 8.78 Å². The quantitative estimate of drug-likeness (QED) is 0.702. The summed E-state index contributed by atoms with van der Waals surface area (Å²) in [6.45, 7) is 0. The third-order valence-corrected chi connectivity index (χ3v) is 3.22. The molecule has 0 N–H and O–H groups in total. The standard InChI is InChI=1S/C10H9BrF2/c11-6-8-9(10(8,12)13)7-4-2-1-3-5-7/h1-5,8-9H,6H2/t8-,9-/m1/s1. The van der Waals surface area contributed by atoms with Gasteiger partial charge in [-0.05, 0) is 5.56 Å². The van der Waals surface area contributed by atoms with Crippen molar-refractivity contribution in [1.29, 1.82) is 0 Å². The summed E-state index contributed by atoms with van der Waals surface area (Å²) in [6, 6.07) is 8.97. The number of rotatable bonds is 2. The molecular weight excluding hydrogens is 238 g/mol. The fourth-order valence-electron chi connectivity index (χ4n) is 1.70. The molecule has 0 amide bonds. The second-order valence-corrected chi connectivity index (χ2v) is 3.97. The maximum atomic E-state index is 13.1. The highest BCUT2D eigenvalue weighted by molar-refractivity contribution is 9.09. The first-order valence-corrected chi connectivity index (χ1v) is 5.28. The smallest absolute Gasteiger partial charge is 0.206 e. The fourth-order valence-corrected chi connectivity index (χ4v) is 2.50. The molecule has 1 saturated carbocycles. The second kappa shape index (κ2) is 3.05. The molecule has 2 rings (SSSR count). The Morgan fingerprint density at radius 1 is 1.23 bits per heavy atom. The Hall–Kier alpha value is -0.440. The molecule has 0 heterocycles. The maximum Gasteiger partial charge on any atom is 0.259 e. The summed E-state index contributed by atoms with van der Waals surface area (Å²) in [6.07, 6.45) is 0. The van der Waals surface area contributed by atoms with Crippen molar-refractivity contribution in [1.82, 2.24) is 0 Å². The first-order chi connectivity index (χ1) is 6.18. The molecule has 0 spiro atoms. The maximum absolute atomic E-state index is 13.1. The van der Waals surface area contributed by atoms with Crippen LogP contribution in [-0.4, -0.2) is 11.3 Å². The van der Waals surface area contributed by atoms with E-state index in [1.807, 2.05) is 6.07 Å². The molecule has 0 aliphatic heterocycles. The zero-order valence-corrected chi connectivity index (χ0v) is 8.47. The van der Waals surface area contributed by atoms with Crippen molar-refractivity contribution >= 4 is 15.9 Å². The Balaban J connectivity index is 2.22. The molecule has 13 heavy (non-hydrogen) atoms. The lowest BCUT2D eigenvalue weighted by atomic mass is 10.1. The average Bonchev–Trinajstić information content (AvgIpc) is 2.69. The molecule has 3 heteroatoms. The van der Waals surface area contributed by atoms with Gasteiger partial charge in [0, 0.05) is 11.2 Å². The summed E-state index contributed by atoms with van der Waals surface area (Å²) >= 11 is 3.11. The van der Waals surface area contributed by atoms with Crippen LogP contribution in [0.5, 0.6) is 0 Å². The SMILES string of the molecule is FC1(F)[C@H](CBr)[C@H]1c1ccccc1. The Labute approximate surface area is 84.1 Å². The van der Waals surface area contributed by atoms with Gasteiger partial charge in [0.25, 0.3) is 5.92 Å². The van der Waals surface area contributed by atoms with Gasteiger partial charge in [-0.1, -0.05) is 46.3 Å². The van der Waals surface area contributed by atoms with Gasteiger partial charge in [0.2, 0.25) is 0 Å². The summed E-state index contributed by atoms with van der Waals surface area (Å²) in [5.74, 6) is -3.60. The number of halogens is 3. The monoisotopic (exact) mass is 246 g/mol. The third-order valence-electron chi connectivity index (χ3n) is 2.53. The molecule has 1 fully saturated rings. The second-order valence-electron chi connectivity index (χ2n) is 3.32. The van der Waals surface area contributed by atoms with E-state index in [1.54, 1.807) is 24.3 Å². The van der Waals surface area contributed by atoms with Crippen molar-refractivity contribution in [3.63, 3.8) is 0 Å². The molecule has 0 nitrogen and oxygen atoms in total. The highest BCUT2D eigenvalue weighted by atomic mass is 79.9. The minimum atomic E-state index is -2.51. The van der Waals surface area contributed by atoms with Crippen molar-refractivity contribution < 1.29 is 8.78 Å². The minimum absolute atomic E-state index is 0.375. The van der Waals surface area contributed by atoms with E-state index in [4.69, 9.17) is 0 Å². The van der Waals surface area contributed by atoms with Crippen LogP contribution in [0.25, 0.3) is 0 Å². The zero-order valence-electron chi connectivity index (χ0n) is 6.88. The molecule has 0 unspecified atom stereocenters. The Bertz CT molecular complexity index is 297. The molecule has 70 valence electrons. The lowest BCUT2D eigenvalue weighted by Gasteiger charge is -1.96. The lowest BCUT2D eigenvalue weighted by molar-refractivity contribution is 0.0973. The van der Waals surface area contributed by atoms with Gasteiger partial charge >= 0.3 is 0 Å². The number of alkyl halides is 3. The van der Waals surface area contributed by atoms with Crippen molar-refractivity contribution in [3.05, 3.63) is 35.9 Å². The lowest BCUT2D eigenvalue weighted by Crippen LogP contribution is -1.94. The van der Waals surface area contributed by atoms with Gasteiger partial charge in [-0.2, -0.15) is 0 Å². The van der Waals surface area contributed by atoms with Gasteiger partial charge in [0.15, 0.2) is 0 Å². The van der Waals surface area contributed by atoms with Gasteiger partial charge in [0.05, 0.1) is 5.92 Å². The molecule has 0 saturated heterocycles. The Morgan fingerprint density at radius 3 is 2.31 bits per heavy atom. The van der Waals surface area contributed by atoms with Crippen LogP contribution in [0.1, 0.15) is 11.5 Å². The number of hydrogen-bond acceptors (Lipinski definition) is 0. The van der Waals surface area contributed by atoms with E-state index in [1.165, 1.54) is 0 Å². The summed E-state index contributed by atoms with van der Waals surface area (Å²) < 4.78 is 26.2. The largest absolute Gasteiger partial charge is 0.259 e. The van der Waals surface area contributed by atoms with Crippen LogP contribution in [0.2, 0.25) is 0 Å². The summed E-state index contributed by atoms with van der Waals surface area (Å²) in [4.78, 5) is 0. The third kappa shape index (κ3) is 1.39. The number of benzene rings is 1. The average molecular weight is 247 g/mol. The minimum Gasteiger partial charge on any atom is -0.206 e. The Kier molecular flexibility index (Phi) is 2.14. The molecule has 0 bridgehead atoms. The van der Waals surface area contributed by atoms with E-state index in [0.717, 1.165) is 5.56 Å². The topological polar surface area (TPSA) is 0 Å². The number of hydrogen-bond donors (Lipinski definition) is 0. The van der Waals surface area contributed by atoms with Crippen LogP contribution in [-0.2, 0) is 0 Å². The molecular formula is C10H9BrF2. The first-order valence-electron chi connectivity index (χ1n) is 4.16. The molecule has 1 aliphatic carbocycles. The van der Waals surface area contributed by atoms with Gasteiger partial charge in [0.1, 0.15) is 0 Å². The predicted molar refractivity (Wildman–Crippen MR) is 51.4 cm³/mol. The molecule has 1 aliphatic rings. The zero-order chi connectivity index (χ0) is 9.47. The molecule has 2 atom stereocenters. The van der Waals surface area contributed by atoms with E-state index in [2.05, 4.69) is 15.9 Å². The normalized spacial score (nSPS) is 30.1. The van der Waals surface area contributed by atoms with Crippen LogP contribution >= 0.6 is 15.9 Å². The molecule has 0 radical (unpaired) electrons. The van der Waals surface area contributed by atoms with E-state index >= 15 is 0 Å². The van der Waals surface area contributed by atoms with E-state index in [0.29, 0.717) is 5.33 Å². The first kappa shape index (κ1) is 9.13. The summed E-state index contributed by atoms with van der Waals surface area (Å²) in [5, 5.41) is 0.375. The molecule has 1 aromatic rings. The van der Waals surface area contributed by atoms with Crippen molar-refractivity contribution in [2.45, 2.75) is 11.8 Å².